The zero-order chi connectivity index (χ0) is 12.3. The number of halogens is 1. The van der Waals surface area contributed by atoms with E-state index in [0.717, 1.165) is 18.2 Å². The van der Waals surface area contributed by atoms with Gasteiger partial charge in [-0.15, -0.1) is 0 Å². The Morgan fingerprint density at radius 1 is 1.44 bits per heavy atom. The number of carboxylic acid groups (broad SMARTS) is 1. The van der Waals surface area contributed by atoms with E-state index in [9.17, 15) is 24.1 Å². The van der Waals surface area contributed by atoms with E-state index in [1.165, 1.54) is 0 Å². The molecule has 0 spiro atoms. The average Bonchev–Trinajstić information content (AvgIpc) is 2.15. The number of hydrogen-bond acceptors (Lipinski definition) is 4. The Bertz CT molecular complexity index is 471. The predicted molar refractivity (Wildman–Crippen MR) is 49.6 cm³/mol. The minimum Gasteiger partial charge on any atom is -0.481 e. The van der Waals surface area contributed by atoms with E-state index in [4.69, 9.17) is 5.11 Å². The molecule has 1 N–H and O–H groups in total. The van der Waals surface area contributed by atoms with Gasteiger partial charge in [-0.05, 0) is 6.07 Å². The first-order valence-electron chi connectivity index (χ1n) is 4.11. The second-order valence-corrected chi connectivity index (χ2v) is 2.88. The van der Waals surface area contributed by atoms with E-state index in [2.05, 4.69) is 0 Å². The van der Waals surface area contributed by atoms with E-state index in [1.807, 2.05) is 0 Å². The van der Waals surface area contributed by atoms with Crippen molar-refractivity contribution < 1.29 is 24.0 Å². The molecular formula is C9H6FNO5. The van der Waals surface area contributed by atoms with Gasteiger partial charge in [-0.25, -0.2) is 4.39 Å². The molecule has 0 heterocycles. The van der Waals surface area contributed by atoms with Crippen LogP contribution in [0, 0.1) is 15.9 Å². The molecule has 0 atom stereocenters. The molecule has 1 aromatic carbocycles. The van der Waals surface area contributed by atoms with Crippen molar-refractivity contribution in [2.45, 2.75) is 6.42 Å². The number of nitro benzene ring substituents is 1. The summed E-state index contributed by atoms with van der Waals surface area (Å²) in [6.07, 6.45) is -0.984. The third-order valence-electron chi connectivity index (χ3n) is 1.78. The topological polar surface area (TPSA) is 97.5 Å². The van der Waals surface area contributed by atoms with Gasteiger partial charge in [-0.1, -0.05) is 6.07 Å². The lowest BCUT2D eigenvalue weighted by Crippen LogP contribution is -2.11. The first-order chi connectivity index (χ1) is 7.43. The molecule has 0 amide bonds. The molecule has 16 heavy (non-hydrogen) atoms. The summed E-state index contributed by atoms with van der Waals surface area (Å²) >= 11 is 0. The lowest BCUT2D eigenvalue weighted by atomic mass is 10.1. The Kier molecular flexibility index (Phi) is 3.29. The average molecular weight is 227 g/mol. The monoisotopic (exact) mass is 227 g/mol. The van der Waals surface area contributed by atoms with Gasteiger partial charge in [0.15, 0.2) is 5.78 Å². The van der Waals surface area contributed by atoms with Crippen LogP contribution in [0.25, 0.3) is 0 Å². The zero-order valence-corrected chi connectivity index (χ0v) is 7.84. The van der Waals surface area contributed by atoms with E-state index in [0.29, 0.717) is 0 Å². The number of hydrogen-bond donors (Lipinski definition) is 1. The van der Waals surface area contributed by atoms with Crippen LogP contribution in [0.3, 0.4) is 0 Å². The summed E-state index contributed by atoms with van der Waals surface area (Å²) in [5.74, 6) is -3.69. The number of carbonyl (C=O) groups is 2. The maximum Gasteiger partial charge on any atom is 0.311 e. The van der Waals surface area contributed by atoms with Crippen molar-refractivity contribution in [2.24, 2.45) is 0 Å². The molecule has 7 heteroatoms. The number of rotatable bonds is 4. The van der Waals surface area contributed by atoms with E-state index in [1.54, 1.807) is 0 Å². The van der Waals surface area contributed by atoms with Crippen molar-refractivity contribution in [3.05, 3.63) is 39.7 Å². The summed E-state index contributed by atoms with van der Waals surface area (Å²) in [4.78, 5) is 31.1. The van der Waals surface area contributed by atoms with Crippen LogP contribution in [-0.2, 0) is 4.79 Å². The van der Waals surface area contributed by atoms with Crippen molar-refractivity contribution in [1.82, 2.24) is 0 Å². The molecule has 0 fully saturated rings. The van der Waals surface area contributed by atoms with Crippen molar-refractivity contribution in [3.8, 4) is 0 Å². The molecule has 0 saturated heterocycles. The van der Waals surface area contributed by atoms with Gasteiger partial charge in [0.25, 0.3) is 5.69 Å². The maximum atomic E-state index is 13.2. The van der Waals surface area contributed by atoms with Gasteiger partial charge in [0.2, 0.25) is 0 Å². The fraction of sp³-hybridized carbons (Fsp3) is 0.111. The molecule has 0 aliphatic heterocycles. The predicted octanol–water partition coefficient (Wildman–Crippen LogP) is 1.39. The fourth-order valence-corrected chi connectivity index (χ4v) is 1.17. The fourth-order valence-electron chi connectivity index (χ4n) is 1.17. The van der Waals surface area contributed by atoms with Gasteiger partial charge in [-0.2, -0.15) is 0 Å². The second-order valence-electron chi connectivity index (χ2n) is 2.88. The van der Waals surface area contributed by atoms with Crippen LogP contribution in [0.5, 0.6) is 0 Å². The standard InChI is InChI=1S/C9H6FNO5/c10-5-2-1-3-6(11(15)16)9(5)7(12)4-8(13)14/h1-3H,4H2,(H,13,14). The van der Waals surface area contributed by atoms with Crippen molar-refractivity contribution in [3.63, 3.8) is 0 Å². The van der Waals surface area contributed by atoms with Crippen LogP contribution >= 0.6 is 0 Å². The molecule has 0 radical (unpaired) electrons. The summed E-state index contributed by atoms with van der Waals surface area (Å²) in [5.41, 5.74) is -1.53. The molecule has 6 nitrogen and oxygen atoms in total. The highest BCUT2D eigenvalue weighted by Gasteiger charge is 2.25. The molecule has 0 aliphatic carbocycles. The molecule has 0 aliphatic rings. The SMILES string of the molecule is O=C(O)CC(=O)c1c(F)cccc1[N+](=O)[O-]. The second kappa shape index (κ2) is 4.47. The molecule has 1 rings (SSSR count). The summed E-state index contributed by atoms with van der Waals surface area (Å²) < 4.78 is 13.2. The number of benzene rings is 1. The number of nitrogens with zero attached hydrogens (tertiary/aromatic N) is 1. The molecule has 0 aromatic heterocycles. The van der Waals surface area contributed by atoms with E-state index in [-0.39, 0.29) is 0 Å². The van der Waals surface area contributed by atoms with Crippen molar-refractivity contribution in [2.75, 3.05) is 0 Å². The third-order valence-corrected chi connectivity index (χ3v) is 1.78. The summed E-state index contributed by atoms with van der Waals surface area (Å²) in [5, 5.41) is 18.9. The Labute approximate surface area is 88.5 Å². The van der Waals surface area contributed by atoms with Gasteiger partial charge in [0.05, 0.1) is 4.92 Å². The number of nitro groups is 1. The highest BCUT2D eigenvalue weighted by Crippen LogP contribution is 2.22. The molecule has 1 aromatic rings. The van der Waals surface area contributed by atoms with Crippen LogP contribution in [0.2, 0.25) is 0 Å². The van der Waals surface area contributed by atoms with Crippen LogP contribution < -0.4 is 0 Å². The normalized spacial score (nSPS) is 9.81. The maximum absolute atomic E-state index is 13.2. The van der Waals surface area contributed by atoms with Gasteiger partial charge in [-0.3, -0.25) is 19.7 Å². The van der Waals surface area contributed by atoms with Crippen molar-refractivity contribution >= 4 is 17.4 Å². The molecule has 84 valence electrons. The van der Waals surface area contributed by atoms with E-state index < -0.39 is 40.2 Å². The lowest BCUT2D eigenvalue weighted by Gasteiger charge is -2.01. The molecule has 0 unspecified atom stereocenters. The number of carboxylic acids is 1. The number of carbonyl (C=O) groups excluding carboxylic acids is 1. The molecular weight excluding hydrogens is 221 g/mol. The van der Waals surface area contributed by atoms with Gasteiger partial charge >= 0.3 is 5.97 Å². The van der Waals surface area contributed by atoms with Gasteiger partial charge in [0.1, 0.15) is 17.8 Å². The number of aliphatic carboxylic acids is 1. The largest absolute Gasteiger partial charge is 0.481 e. The Balaban J connectivity index is 3.25. The zero-order valence-electron chi connectivity index (χ0n) is 7.84. The van der Waals surface area contributed by atoms with E-state index >= 15 is 0 Å². The van der Waals surface area contributed by atoms with Crippen LogP contribution in [0.4, 0.5) is 10.1 Å². The first kappa shape index (κ1) is 11.8. The highest BCUT2D eigenvalue weighted by molar-refractivity contribution is 6.08. The lowest BCUT2D eigenvalue weighted by molar-refractivity contribution is -0.385. The minimum atomic E-state index is -1.47. The molecule has 0 saturated carbocycles. The Hall–Kier alpha value is -2.31. The Morgan fingerprint density at radius 2 is 2.06 bits per heavy atom. The summed E-state index contributed by atoms with van der Waals surface area (Å²) in [7, 11) is 0. The summed E-state index contributed by atoms with van der Waals surface area (Å²) in [6.45, 7) is 0. The van der Waals surface area contributed by atoms with Crippen LogP contribution in [0.15, 0.2) is 18.2 Å². The number of ketones is 1. The molecule has 0 bridgehead atoms. The van der Waals surface area contributed by atoms with Crippen LogP contribution in [-0.4, -0.2) is 21.8 Å². The first-order valence-corrected chi connectivity index (χ1v) is 4.11. The minimum absolute atomic E-state index is 0.730. The smallest absolute Gasteiger partial charge is 0.311 e. The van der Waals surface area contributed by atoms with Gasteiger partial charge < -0.3 is 5.11 Å². The van der Waals surface area contributed by atoms with Crippen molar-refractivity contribution in [1.29, 1.82) is 0 Å². The summed E-state index contributed by atoms with van der Waals surface area (Å²) in [6, 6.07) is 2.88. The number of Topliss-reactive ketones (excluding diaryl/α,β-unsaturated/α-hetero) is 1. The highest BCUT2D eigenvalue weighted by atomic mass is 19.1. The third kappa shape index (κ3) is 2.38. The Morgan fingerprint density at radius 3 is 2.56 bits per heavy atom. The van der Waals surface area contributed by atoms with Crippen LogP contribution in [0.1, 0.15) is 16.8 Å². The van der Waals surface area contributed by atoms with Gasteiger partial charge in [0, 0.05) is 6.07 Å². The quantitative estimate of drug-likeness (QED) is 0.362.